The number of nitrogen functional groups attached to an aromatic ring is 1. The molecule has 1 aromatic carbocycles. The van der Waals surface area contributed by atoms with E-state index in [1.807, 2.05) is 33.8 Å². The van der Waals surface area contributed by atoms with Gasteiger partial charge in [-0.1, -0.05) is 17.7 Å². The fraction of sp³-hybridized carbons (Fsp3) is 0.296. The molecular formula is C27H26ClN7O3. The number of benzene rings is 1. The number of ether oxygens (including phenoxy) is 1. The van der Waals surface area contributed by atoms with Crippen molar-refractivity contribution in [3.8, 4) is 22.9 Å². The van der Waals surface area contributed by atoms with Crippen molar-refractivity contribution < 1.29 is 14.6 Å². The number of piperidine rings is 1. The lowest BCUT2D eigenvalue weighted by molar-refractivity contribution is -0.131. The third-order valence-electron chi connectivity index (χ3n) is 7.28. The SMILES string of the molecule is Nc1ncnc2c1c(-c1ccc(Oc3ccc(Cl)cn3)cc1)nn2[C@@H]1CCC2(CC2)N(C(=O)/C=C/CO)C1. The number of pyridine rings is 1. The first-order valence-corrected chi connectivity index (χ1v) is 12.8. The number of hydrogen-bond donors (Lipinski definition) is 2. The van der Waals surface area contributed by atoms with E-state index in [1.165, 1.54) is 24.7 Å². The molecule has 194 valence electrons. The second kappa shape index (κ2) is 9.70. The molecule has 4 aromatic rings. The highest BCUT2D eigenvalue weighted by molar-refractivity contribution is 6.30. The Morgan fingerprint density at radius 3 is 2.68 bits per heavy atom. The smallest absolute Gasteiger partial charge is 0.246 e. The molecule has 2 aliphatic rings. The maximum absolute atomic E-state index is 12.9. The van der Waals surface area contributed by atoms with E-state index in [0.717, 1.165) is 31.2 Å². The van der Waals surface area contributed by atoms with Crippen LogP contribution in [0.2, 0.25) is 5.02 Å². The molecule has 6 rings (SSSR count). The molecule has 1 atom stereocenters. The molecule has 1 saturated heterocycles. The van der Waals surface area contributed by atoms with Gasteiger partial charge in [-0.25, -0.2) is 19.6 Å². The van der Waals surface area contributed by atoms with E-state index in [9.17, 15) is 4.79 Å². The van der Waals surface area contributed by atoms with Gasteiger partial charge in [-0.15, -0.1) is 0 Å². The Balaban J connectivity index is 1.32. The number of nitrogens with two attached hydrogens (primary N) is 1. The Morgan fingerprint density at radius 1 is 1.16 bits per heavy atom. The third kappa shape index (κ3) is 4.46. The Bertz CT molecular complexity index is 1510. The highest BCUT2D eigenvalue weighted by atomic mass is 35.5. The lowest BCUT2D eigenvalue weighted by Crippen LogP contribution is -2.48. The van der Waals surface area contributed by atoms with E-state index in [4.69, 9.17) is 32.3 Å². The normalized spacial score (nSPS) is 18.4. The average Bonchev–Trinajstić information content (AvgIpc) is 3.59. The summed E-state index contributed by atoms with van der Waals surface area (Å²) in [6, 6.07) is 10.8. The maximum Gasteiger partial charge on any atom is 0.246 e. The number of anilines is 1. The number of aromatic nitrogens is 5. The summed E-state index contributed by atoms with van der Waals surface area (Å²) >= 11 is 5.90. The molecule has 1 spiro atoms. The van der Waals surface area contributed by atoms with Gasteiger partial charge in [0.1, 0.15) is 23.6 Å². The molecule has 1 saturated carbocycles. The van der Waals surface area contributed by atoms with Crippen LogP contribution in [0.1, 0.15) is 31.7 Å². The fourth-order valence-electron chi connectivity index (χ4n) is 5.17. The Morgan fingerprint density at radius 2 is 1.97 bits per heavy atom. The number of aliphatic hydroxyl groups excluding tert-OH is 1. The monoisotopic (exact) mass is 531 g/mol. The van der Waals surface area contributed by atoms with E-state index in [2.05, 4.69) is 15.0 Å². The zero-order valence-corrected chi connectivity index (χ0v) is 21.3. The van der Waals surface area contributed by atoms with Crippen LogP contribution in [-0.2, 0) is 4.79 Å². The molecule has 2 fully saturated rings. The van der Waals surface area contributed by atoms with Crippen molar-refractivity contribution in [1.29, 1.82) is 0 Å². The van der Waals surface area contributed by atoms with Crippen LogP contribution in [0, 0.1) is 0 Å². The highest BCUT2D eigenvalue weighted by Gasteiger charge is 2.52. The van der Waals surface area contributed by atoms with Gasteiger partial charge in [0, 0.05) is 36.0 Å². The summed E-state index contributed by atoms with van der Waals surface area (Å²) in [4.78, 5) is 27.8. The molecule has 0 bridgehead atoms. The van der Waals surface area contributed by atoms with Crippen LogP contribution >= 0.6 is 11.6 Å². The van der Waals surface area contributed by atoms with Crippen molar-refractivity contribution in [2.24, 2.45) is 0 Å². The third-order valence-corrected chi connectivity index (χ3v) is 7.51. The lowest BCUT2D eigenvalue weighted by Gasteiger charge is -2.40. The van der Waals surface area contributed by atoms with Gasteiger partial charge in [0.05, 0.1) is 23.1 Å². The maximum atomic E-state index is 12.9. The second-order valence-electron chi connectivity index (χ2n) is 9.64. The van der Waals surface area contributed by atoms with Gasteiger partial charge in [0.2, 0.25) is 11.8 Å². The van der Waals surface area contributed by atoms with Crippen molar-refractivity contribution in [2.75, 3.05) is 18.9 Å². The number of hydrogen-bond acceptors (Lipinski definition) is 8. The first-order chi connectivity index (χ1) is 18.5. The van der Waals surface area contributed by atoms with Crippen LogP contribution in [0.5, 0.6) is 11.6 Å². The summed E-state index contributed by atoms with van der Waals surface area (Å²) in [5.41, 5.74) is 8.37. The fourth-order valence-corrected chi connectivity index (χ4v) is 5.29. The highest BCUT2D eigenvalue weighted by Crippen LogP contribution is 2.50. The Kier molecular flexibility index (Phi) is 6.21. The summed E-state index contributed by atoms with van der Waals surface area (Å²) in [6.45, 7) is 0.342. The molecule has 1 amide bonds. The summed E-state index contributed by atoms with van der Waals surface area (Å²) in [6.07, 6.45) is 9.66. The van der Waals surface area contributed by atoms with Crippen LogP contribution in [0.25, 0.3) is 22.3 Å². The van der Waals surface area contributed by atoms with E-state index in [-0.39, 0.29) is 24.1 Å². The van der Waals surface area contributed by atoms with Crippen LogP contribution in [-0.4, -0.2) is 59.3 Å². The molecule has 38 heavy (non-hydrogen) atoms. The number of aliphatic hydroxyl groups is 1. The van der Waals surface area contributed by atoms with Crippen molar-refractivity contribution in [3.05, 3.63) is 66.1 Å². The number of nitrogens with zero attached hydrogens (tertiary/aromatic N) is 6. The first kappa shape index (κ1) is 24.3. The molecular weight excluding hydrogens is 506 g/mol. The topological polar surface area (TPSA) is 132 Å². The number of fused-ring (bicyclic) bond motifs is 1. The molecule has 3 N–H and O–H groups in total. The predicted octanol–water partition coefficient (Wildman–Crippen LogP) is 4.16. The minimum atomic E-state index is -0.167. The van der Waals surface area contributed by atoms with Crippen LogP contribution in [0.3, 0.4) is 0 Å². The number of carbonyl (C=O) groups is 1. The largest absolute Gasteiger partial charge is 0.439 e. The number of carbonyl (C=O) groups excluding carboxylic acids is 1. The molecule has 11 heteroatoms. The van der Waals surface area contributed by atoms with Gasteiger partial charge in [-0.05, 0) is 56.0 Å². The molecule has 1 aliphatic carbocycles. The number of likely N-dealkylation sites (tertiary alicyclic amines) is 1. The molecule has 0 unspecified atom stereocenters. The summed E-state index contributed by atoms with van der Waals surface area (Å²) in [5.74, 6) is 1.31. The standard InChI is InChI=1S/C27H26ClN7O3/c28-18-5-8-21(30-14-18)38-20-6-3-17(4-7-20)24-23-25(29)31-16-32-26(23)35(33-24)19-9-10-27(11-12-27)34(15-19)22(37)2-1-13-36/h1-8,14,16,19,36H,9-13,15H2,(H2,29,31,32)/b2-1+/t19-/m1/s1. The molecule has 3 aromatic heterocycles. The van der Waals surface area contributed by atoms with E-state index >= 15 is 0 Å². The zero-order valence-electron chi connectivity index (χ0n) is 20.5. The van der Waals surface area contributed by atoms with Crippen molar-refractivity contribution in [1.82, 2.24) is 29.6 Å². The summed E-state index contributed by atoms with van der Waals surface area (Å²) in [5, 5.41) is 15.3. The van der Waals surface area contributed by atoms with Crippen LogP contribution in [0.15, 0.2) is 61.1 Å². The minimum Gasteiger partial charge on any atom is -0.439 e. The zero-order chi connectivity index (χ0) is 26.3. The van der Waals surface area contributed by atoms with E-state index in [1.54, 1.807) is 12.1 Å². The average molecular weight is 532 g/mol. The number of rotatable bonds is 6. The van der Waals surface area contributed by atoms with Crippen molar-refractivity contribution in [3.63, 3.8) is 0 Å². The Labute approximate surface area is 223 Å². The van der Waals surface area contributed by atoms with Gasteiger partial charge in [0.25, 0.3) is 0 Å². The molecule has 1 aliphatic heterocycles. The quantitative estimate of drug-likeness (QED) is 0.354. The van der Waals surface area contributed by atoms with Gasteiger partial charge in [0.15, 0.2) is 5.65 Å². The van der Waals surface area contributed by atoms with Crippen molar-refractivity contribution >= 4 is 34.4 Å². The van der Waals surface area contributed by atoms with Gasteiger partial charge in [-0.2, -0.15) is 5.10 Å². The summed E-state index contributed by atoms with van der Waals surface area (Å²) in [7, 11) is 0. The van der Waals surface area contributed by atoms with E-state index < -0.39 is 0 Å². The lowest BCUT2D eigenvalue weighted by atomic mass is 9.96. The number of amides is 1. The minimum absolute atomic E-state index is 0.0724. The molecule has 4 heterocycles. The van der Waals surface area contributed by atoms with Crippen LogP contribution in [0.4, 0.5) is 5.82 Å². The first-order valence-electron chi connectivity index (χ1n) is 12.4. The predicted molar refractivity (Wildman–Crippen MR) is 143 cm³/mol. The second-order valence-corrected chi connectivity index (χ2v) is 10.1. The van der Waals surface area contributed by atoms with Crippen molar-refractivity contribution in [2.45, 2.75) is 37.3 Å². The molecule has 10 nitrogen and oxygen atoms in total. The Hall–Kier alpha value is -4.02. The number of halogens is 1. The molecule has 0 radical (unpaired) electrons. The summed E-state index contributed by atoms with van der Waals surface area (Å²) < 4.78 is 7.70. The van der Waals surface area contributed by atoms with Crippen LogP contribution < -0.4 is 10.5 Å². The van der Waals surface area contributed by atoms with Gasteiger partial charge in [-0.3, -0.25) is 4.79 Å². The van der Waals surface area contributed by atoms with Gasteiger partial charge < -0.3 is 20.5 Å². The van der Waals surface area contributed by atoms with E-state index in [0.29, 0.717) is 45.7 Å². The van der Waals surface area contributed by atoms with Gasteiger partial charge >= 0.3 is 0 Å².